The Balaban J connectivity index is 1.31. The maximum absolute atomic E-state index is 9.14. The monoisotopic (exact) mass is 405 g/mol. The Kier molecular flexibility index (Phi) is 4.64. The minimum atomic E-state index is 0.161. The van der Waals surface area contributed by atoms with Crippen LogP contribution in [0.5, 0.6) is 0 Å². The normalized spacial score (nSPS) is 17.9. The van der Waals surface area contributed by atoms with Crippen molar-refractivity contribution in [2.45, 2.75) is 18.8 Å². The van der Waals surface area contributed by atoms with E-state index in [0.29, 0.717) is 11.1 Å². The van der Waals surface area contributed by atoms with E-state index in [2.05, 4.69) is 30.8 Å². The van der Waals surface area contributed by atoms with Crippen LogP contribution in [-0.2, 0) is 0 Å². The van der Waals surface area contributed by atoms with Crippen LogP contribution in [0, 0.1) is 17.2 Å². The van der Waals surface area contributed by atoms with Crippen molar-refractivity contribution in [2.24, 2.45) is 5.92 Å². The molecule has 2 fully saturated rings. The zero-order valence-electron chi connectivity index (χ0n) is 15.9. The van der Waals surface area contributed by atoms with Gasteiger partial charge in [-0.1, -0.05) is 11.6 Å². The predicted octanol–water partition coefficient (Wildman–Crippen LogP) is 3.42. The first-order valence-electron chi connectivity index (χ1n) is 9.84. The van der Waals surface area contributed by atoms with E-state index in [1.165, 1.54) is 0 Å². The minimum absolute atomic E-state index is 0.161. The molecule has 0 aliphatic carbocycles. The van der Waals surface area contributed by atoms with E-state index in [-0.39, 0.29) is 5.92 Å². The molecule has 8 heteroatoms. The third kappa shape index (κ3) is 3.45. The molecule has 29 heavy (non-hydrogen) atoms. The van der Waals surface area contributed by atoms with Gasteiger partial charge in [0.2, 0.25) is 0 Å². The number of halogens is 1. The molecule has 0 radical (unpaired) electrons. The van der Waals surface area contributed by atoms with Gasteiger partial charge in [0.05, 0.1) is 23.5 Å². The zero-order valence-corrected chi connectivity index (χ0v) is 16.6. The molecule has 3 aromatic rings. The highest BCUT2D eigenvalue weighted by Gasteiger charge is 2.34. The number of pyridine rings is 2. The van der Waals surface area contributed by atoms with Gasteiger partial charge < -0.3 is 9.80 Å². The van der Waals surface area contributed by atoms with Gasteiger partial charge >= 0.3 is 0 Å². The highest BCUT2D eigenvalue weighted by molar-refractivity contribution is 6.30. The quantitative estimate of drug-likeness (QED) is 0.617. The first kappa shape index (κ1) is 18.1. The van der Waals surface area contributed by atoms with E-state index in [4.69, 9.17) is 21.8 Å². The number of hydrogen-bond donors (Lipinski definition) is 0. The third-order valence-corrected chi connectivity index (χ3v) is 6.01. The molecule has 5 rings (SSSR count). The third-order valence-electron chi connectivity index (χ3n) is 5.80. The summed E-state index contributed by atoms with van der Waals surface area (Å²) < 4.78 is 0. The maximum atomic E-state index is 9.14. The van der Waals surface area contributed by atoms with Crippen molar-refractivity contribution in [1.82, 2.24) is 19.9 Å². The maximum Gasteiger partial charge on any atom is 0.150 e. The fraction of sp³-hybridized carbons (Fsp3) is 0.381. The molecule has 2 saturated heterocycles. The smallest absolute Gasteiger partial charge is 0.150 e. The largest absolute Gasteiger partial charge is 0.355 e. The Hall–Kier alpha value is -2.98. The summed E-state index contributed by atoms with van der Waals surface area (Å²) >= 11 is 5.96. The number of nitriles is 1. The number of rotatable bonds is 3. The topological polar surface area (TPSA) is 81.8 Å². The molecule has 2 aliphatic rings. The molecule has 0 unspecified atom stereocenters. The van der Waals surface area contributed by atoms with Crippen molar-refractivity contribution in [3.05, 3.63) is 47.6 Å². The van der Waals surface area contributed by atoms with Crippen molar-refractivity contribution in [1.29, 1.82) is 5.26 Å². The van der Waals surface area contributed by atoms with Crippen molar-refractivity contribution >= 4 is 34.1 Å². The van der Waals surface area contributed by atoms with Gasteiger partial charge in [-0.15, -0.1) is 0 Å². The molecule has 0 aromatic carbocycles. The molecule has 0 amide bonds. The van der Waals surface area contributed by atoms with Crippen LogP contribution < -0.4 is 9.80 Å². The molecule has 5 heterocycles. The Morgan fingerprint density at radius 1 is 1.03 bits per heavy atom. The molecule has 3 aromatic heterocycles. The highest BCUT2D eigenvalue weighted by Crippen LogP contribution is 2.35. The summed E-state index contributed by atoms with van der Waals surface area (Å²) in [5, 5.41) is 10.6. The van der Waals surface area contributed by atoms with Crippen LogP contribution in [0.1, 0.15) is 24.5 Å². The SMILES string of the molecule is N#CC1CCN(c2nccnc2C2CN(c3ccc4cc(Cl)ncc4n3)C2)CC1. The highest BCUT2D eigenvalue weighted by atomic mass is 35.5. The van der Waals surface area contributed by atoms with E-state index in [1.54, 1.807) is 18.6 Å². The molecular formula is C21H20ClN7. The number of aromatic nitrogens is 4. The predicted molar refractivity (Wildman–Crippen MR) is 112 cm³/mol. The summed E-state index contributed by atoms with van der Waals surface area (Å²) in [6.07, 6.45) is 7.02. The van der Waals surface area contributed by atoms with Crippen LogP contribution >= 0.6 is 11.6 Å². The van der Waals surface area contributed by atoms with Crippen LogP contribution in [0.2, 0.25) is 5.15 Å². The lowest BCUT2D eigenvalue weighted by atomic mass is 9.94. The summed E-state index contributed by atoms with van der Waals surface area (Å²) in [7, 11) is 0. The van der Waals surface area contributed by atoms with E-state index in [0.717, 1.165) is 67.3 Å². The molecular weight excluding hydrogens is 386 g/mol. The fourth-order valence-electron chi connectivity index (χ4n) is 4.10. The van der Waals surface area contributed by atoms with Crippen LogP contribution in [0.15, 0.2) is 36.8 Å². The van der Waals surface area contributed by atoms with Gasteiger partial charge in [-0.05, 0) is 31.0 Å². The van der Waals surface area contributed by atoms with Crippen molar-refractivity contribution in [2.75, 3.05) is 36.0 Å². The lowest BCUT2D eigenvalue weighted by Crippen LogP contribution is -2.47. The molecule has 0 N–H and O–H groups in total. The first-order chi connectivity index (χ1) is 14.2. The molecule has 0 spiro atoms. The molecule has 0 saturated carbocycles. The summed E-state index contributed by atoms with van der Waals surface area (Å²) in [6, 6.07) is 8.27. The Morgan fingerprint density at radius 3 is 2.62 bits per heavy atom. The summed E-state index contributed by atoms with van der Waals surface area (Å²) in [5.74, 6) is 2.40. The number of piperidine rings is 1. The van der Waals surface area contributed by atoms with Crippen LogP contribution in [0.25, 0.3) is 10.9 Å². The van der Waals surface area contributed by atoms with Gasteiger partial charge in [-0.2, -0.15) is 5.26 Å². The van der Waals surface area contributed by atoms with Crippen LogP contribution in [-0.4, -0.2) is 46.1 Å². The van der Waals surface area contributed by atoms with Crippen LogP contribution in [0.3, 0.4) is 0 Å². The molecule has 7 nitrogen and oxygen atoms in total. The summed E-state index contributed by atoms with van der Waals surface area (Å²) in [4.78, 5) is 22.7. The Bertz CT molecular complexity index is 1080. The Labute approximate surface area is 174 Å². The summed E-state index contributed by atoms with van der Waals surface area (Å²) in [6.45, 7) is 3.45. The minimum Gasteiger partial charge on any atom is -0.355 e. The van der Waals surface area contributed by atoms with Gasteiger partial charge in [0.25, 0.3) is 0 Å². The van der Waals surface area contributed by atoms with E-state index in [1.807, 2.05) is 18.2 Å². The number of anilines is 2. The lowest BCUT2D eigenvalue weighted by Gasteiger charge is -2.41. The second-order valence-electron chi connectivity index (χ2n) is 7.63. The molecule has 0 bridgehead atoms. The lowest BCUT2D eigenvalue weighted by molar-refractivity contribution is 0.473. The molecule has 0 atom stereocenters. The van der Waals surface area contributed by atoms with Gasteiger partial charge in [-0.25, -0.2) is 15.0 Å². The molecule has 2 aliphatic heterocycles. The standard InChI is InChI=1S/C21H20ClN7/c22-18-9-15-1-2-19(27-17(15)11-26-18)29-12-16(13-29)20-21(25-6-5-24-20)28-7-3-14(10-23)4-8-28/h1-2,5-6,9,11,14,16H,3-4,7-8,12-13H2. The molecule has 146 valence electrons. The van der Waals surface area contributed by atoms with Gasteiger partial charge in [0.15, 0.2) is 5.82 Å². The Morgan fingerprint density at radius 2 is 1.83 bits per heavy atom. The number of hydrogen-bond acceptors (Lipinski definition) is 7. The van der Waals surface area contributed by atoms with Crippen molar-refractivity contribution < 1.29 is 0 Å². The van der Waals surface area contributed by atoms with Crippen molar-refractivity contribution in [3.8, 4) is 6.07 Å². The van der Waals surface area contributed by atoms with Gasteiger partial charge in [0.1, 0.15) is 11.0 Å². The van der Waals surface area contributed by atoms with Crippen molar-refractivity contribution in [3.63, 3.8) is 0 Å². The fourth-order valence-corrected chi connectivity index (χ4v) is 4.26. The van der Waals surface area contributed by atoms with E-state index >= 15 is 0 Å². The average molecular weight is 406 g/mol. The van der Waals surface area contributed by atoms with E-state index < -0.39 is 0 Å². The summed E-state index contributed by atoms with van der Waals surface area (Å²) in [5.41, 5.74) is 1.89. The van der Waals surface area contributed by atoms with Crippen LogP contribution in [0.4, 0.5) is 11.6 Å². The average Bonchev–Trinajstić information content (AvgIpc) is 2.73. The van der Waals surface area contributed by atoms with Gasteiger partial charge in [0, 0.05) is 55.8 Å². The second-order valence-corrected chi connectivity index (χ2v) is 8.01. The second kappa shape index (κ2) is 7.45. The number of fused-ring (bicyclic) bond motifs is 1. The van der Waals surface area contributed by atoms with Gasteiger partial charge in [-0.3, -0.25) is 4.98 Å². The zero-order chi connectivity index (χ0) is 19.8. The van der Waals surface area contributed by atoms with E-state index in [9.17, 15) is 0 Å². The number of nitrogens with zero attached hydrogens (tertiary/aromatic N) is 7. The first-order valence-corrected chi connectivity index (χ1v) is 10.2.